The second kappa shape index (κ2) is 16.0. The molecule has 1 amide bonds. The zero-order valence-electron chi connectivity index (χ0n) is 26.7. The summed E-state index contributed by atoms with van der Waals surface area (Å²) in [5, 5.41) is 24.7. The van der Waals surface area contributed by atoms with Crippen LogP contribution >= 0.6 is 0 Å². The molecule has 5 rings (SSSR count). The summed E-state index contributed by atoms with van der Waals surface area (Å²) < 4.78 is 0. The van der Waals surface area contributed by atoms with E-state index in [2.05, 4.69) is 15.2 Å². The molecule has 1 fully saturated rings. The number of likely N-dealkylation sites (tertiary alicyclic amines) is 1. The molecule has 0 unspecified atom stereocenters. The van der Waals surface area contributed by atoms with Crippen molar-refractivity contribution in [3.05, 3.63) is 112 Å². The van der Waals surface area contributed by atoms with Crippen molar-refractivity contribution in [1.29, 1.82) is 0 Å². The lowest BCUT2D eigenvalue weighted by atomic mass is 9.64. The Hall–Kier alpha value is -3.98. The fourth-order valence-corrected chi connectivity index (χ4v) is 7.28. The van der Waals surface area contributed by atoms with Crippen molar-refractivity contribution >= 4 is 16.8 Å². The van der Waals surface area contributed by atoms with Gasteiger partial charge in [-0.2, -0.15) is 0 Å². The molecule has 3 aromatic carbocycles. The zero-order valence-corrected chi connectivity index (χ0v) is 26.7. The van der Waals surface area contributed by atoms with E-state index in [1.165, 1.54) is 37.8 Å². The highest BCUT2D eigenvalue weighted by molar-refractivity contribution is 5.91. The summed E-state index contributed by atoms with van der Waals surface area (Å²) in [6, 6.07) is 26.4. The Bertz CT molecular complexity index is 1570. The summed E-state index contributed by atoms with van der Waals surface area (Å²) in [5.74, 6) is -0.140. The van der Waals surface area contributed by atoms with E-state index in [0.717, 1.165) is 63.0 Å². The van der Waals surface area contributed by atoms with Crippen molar-refractivity contribution in [3.8, 4) is 5.75 Å². The van der Waals surface area contributed by atoms with Crippen LogP contribution in [0.5, 0.6) is 5.75 Å². The number of aliphatic hydroxyl groups excluding tert-OH is 1. The summed E-state index contributed by atoms with van der Waals surface area (Å²) in [6.45, 7) is 4.15. The van der Waals surface area contributed by atoms with Gasteiger partial charge in [0.15, 0.2) is 0 Å². The number of benzene rings is 3. The van der Waals surface area contributed by atoms with E-state index in [9.17, 15) is 19.8 Å². The highest BCUT2D eigenvalue weighted by Crippen LogP contribution is 2.43. The Morgan fingerprint density at radius 3 is 2.17 bits per heavy atom. The topological polar surface area (TPSA) is 132 Å². The van der Waals surface area contributed by atoms with Gasteiger partial charge >= 0.3 is 0 Å². The first-order chi connectivity index (χ1) is 22.4. The number of aromatic hydroxyl groups is 1. The van der Waals surface area contributed by atoms with Gasteiger partial charge in [0.2, 0.25) is 11.5 Å². The zero-order chi connectivity index (χ0) is 32.4. The van der Waals surface area contributed by atoms with Crippen LogP contribution in [-0.2, 0) is 10.2 Å². The van der Waals surface area contributed by atoms with Crippen LogP contribution in [0.25, 0.3) is 10.9 Å². The number of nitrogens with one attached hydrogen (secondary N) is 2. The number of hydrogen-bond donors (Lipinski definition) is 5. The largest absolute Gasteiger partial charge is 0.506 e. The number of nitrogens with zero attached hydrogens (tertiary/aromatic N) is 1. The molecule has 2 heterocycles. The number of carbonyl (C=O) groups is 1. The average molecular weight is 625 g/mol. The molecule has 46 heavy (non-hydrogen) atoms. The molecular weight excluding hydrogens is 576 g/mol. The van der Waals surface area contributed by atoms with E-state index < -0.39 is 11.5 Å². The summed E-state index contributed by atoms with van der Waals surface area (Å²) in [6.07, 6.45) is 8.41. The number of unbranched alkanes of at least 4 members (excludes halogenated alkanes) is 6. The average Bonchev–Trinajstić information content (AvgIpc) is 3.54. The molecule has 0 spiro atoms. The Kier molecular flexibility index (Phi) is 11.6. The predicted molar refractivity (Wildman–Crippen MR) is 184 cm³/mol. The van der Waals surface area contributed by atoms with Crippen LogP contribution in [0.1, 0.15) is 74.2 Å². The first-order valence-corrected chi connectivity index (χ1v) is 16.8. The SMILES string of the molecule is NC(=O)C(c1ccccc1)(c1ccccc1)[C@@H]1CCN(CCCCCCCCCNC[C@@H](O)c2ccc(O)c3[nH]c(=O)ccc23)C1. The Morgan fingerprint density at radius 1 is 0.891 bits per heavy atom. The van der Waals surface area contributed by atoms with E-state index in [1.54, 1.807) is 12.1 Å². The third kappa shape index (κ3) is 7.69. The number of H-pyrrole nitrogens is 1. The number of fused-ring (bicyclic) bond motifs is 1. The van der Waals surface area contributed by atoms with Crippen LogP contribution in [0, 0.1) is 5.92 Å². The summed E-state index contributed by atoms with van der Waals surface area (Å²) >= 11 is 0. The van der Waals surface area contributed by atoms with E-state index in [0.29, 0.717) is 23.0 Å². The number of nitrogens with two attached hydrogens (primary N) is 1. The van der Waals surface area contributed by atoms with Gasteiger partial charge in [-0.3, -0.25) is 9.59 Å². The highest BCUT2D eigenvalue weighted by Gasteiger charge is 2.49. The number of phenolic OH excluding ortho intramolecular Hbond substituents is 1. The van der Waals surface area contributed by atoms with E-state index in [-0.39, 0.29) is 23.1 Å². The maximum atomic E-state index is 13.3. The first-order valence-electron chi connectivity index (χ1n) is 16.8. The van der Waals surface area contributed by atoms with E-state index in [1.807, 2.05) is 60.7 Å². The molecule has 0 bridgehead atoms. The Morgan fingerprint density at radius 2 is 1.52 bits per heavy atom. The van der Waals surface area contributed by atoms with Crippen molar-refractivity contribution in [2.24, 2.45) is 11.7 Å². The second-order valence-electron chi connectivity index (χ2n) is 12.7. The molecule has 244 valence electrons. The number of rotatable bonds is 17. The Labute approximate surface area is 271 Å². The number of hydrogen-bond acceptors (Lipinski definition) is 6. The molecular formula is C38H48N4O4. The molecule has 8 nitrogen and oxygen atoms in total. The number of phenols is 1. The summed E-state index contributed by atoms with van der Waals surface area (Å²) in [5.41, 5.74) is 8.12. The van der Waals surface area contributed by atoms with Gasteiger partial charge in [0, 0.05) is 24.5 Å². The summed E-state index contributed by atoms with van der Waals surface area (Å²) in [7, 11) is 0. The lowest BCUT2D eigenvalue weighted by Crippen LogP contribution is -2.49. The van der Waals surface area contributed by atoms with Gasteiger partial charge in [-0.15, -0.1) is 0 Å². The third-order valence-electron chi connectivity index (χ3n) is 9.66. The van der Waals surface area contributed by atoms with E-state index >= 15 is 0 Å². The second-order valence-corrected chi connectivity index (χ2v) is 12.7. The number of aromatic nitrogens is 1. The minimum atomic E-state index is -0.828. The number of primary amides is 1. The monoisotopic (exact) mass is 624 g/mol. The summed E-state index contributed by atoms with van der Waals surface area (Å²) in [4.78, 5) is 30.1. The quantitative estimate of drug-likeness (QED) is 0.100. The maximum absolute atomic E-state index is 13.3. The number of pyridine rings is 1. The molecule has 0 aliphatic carbocycles. The normalized spacial score (nSPS) is 16.2. The van der Waals surface area contributed by atoms with Crippen molar-refractivity contribution in [2.75, 3.05) is 32.7 Å². The number of aromatic amines is 1. The molecule has 4 aromatic rings. The lowest BCUT2D eigenvalue weighted by molar-refractivity contribution is -0.123. The van der Waals surface area contributed by atoms with Crippen LogP contribution < -0.4 is 16.6 Å². The lowest BCUT2D eigenvalue weighted by Gasteiger charge is -2.37. The number of aliphatic hydroxyl groups is 1. The minimum Gasteiger partial charge on any atom is -0.506 e. The van der Waals surface area contributed by atoms with Crippen LogP contribution in [0.15, 0.2) is 89.7 Å². The van der Waals surface area contributed by atoms with Gasteiger partial charge in [-0.1, -0.05) is 98.8 Å². The van der Waals surface area contributed by atoms with Crippen LogP contribution in [-0.4, -0.2) is 58.7 Å². The first kappa shape index (κ1) is 33.4. The number of carbonyl (C=O) groups excluding carboxylic acids is 1. The smallest absolute Gasteiger partial charge is 0.248 e. The van der Waals surface area contributed by atoms with Crippen molar-refractivity contribution < 1.29 is 15.0 Å². The van der Waals surface area contributed by atoms with Crippen LogP contribution in [0.4, 0.5) is 0 Å². The van der Waals surface area contributed by atoms with Crippen molar-refractivity contribution in [1.82, 2.24) is 15.2 Å². The Balaban J connectivity index is 0.981. The van der Waals surface area contributed by atoms with Gasteiger partial charge < -0.3 is 31.1 Å². The number of amides is 1. The molecule has 1 aliphatic rings. The minimum absolute atomic E-state index is 0.00442. The van der Waals surface area contributed by atoms with Crippen molar-refractivity contribution in [2.45, 2.75) is 62.9 Å². The fraction of sp³-hybridized carbons (Fsp3) is 0.421. The third-order valence-corrected chi connectivity index (χ3v) is 9.66. The van der Waals surface area contributed by atoms with Gasteiger partial charge in [-0.25, -0.2) is 0 Å². The molecule has 2 atom stereocenters. The highest BCUT2D eigenvalue weighted by atomic mass is 16.3. The maximum Gasteiger partial charge on any atom is 0.248 e. The molecule has 8 heteroatoms. The molecule has 1 aromatic heterocycles. The molecule has 0 radical (unpaired) electrons. The van der Waals surface area contributed by atoms with Gasteiger partial charge in [0.05, 0.1) is 11.6 Å². The van der Waals surface area contributed by atoms with Gasteiger partial charge in [0.25, 0.3) is 0 Å². The predicted octanol–water partition coefficient (Wildman–Crippen LogP) is 5.38. The van der Waals surface area contributed by atoms with E-state index in [4.69, 9.17) is 5.73 Å². The van der Waals surface area contributed by atoms with Gasteiger partial charge in [-0.05, 0) is 73.6 Å². The van der Waals surface area contributed by atoms with Crippen LogP contribution in [0.3, 0.4) is 0 Å². The molecule has 0 saturated carbocycles. The fourth-order valence-electron chi connectivity index (χ4n) is 7.28. The van der Waals surface area contributed by atoms with Crippen LogP contribution in [0.2, 0.25) is 0 Å². The molecule has 6 N–H and O–H groups in total. The molecule has 1 saturated heterocycles. The molecule has 1 aliphatic heterocycles. The van der Waals surface area contributed by atoms with Crippen molar-refractivity contribution in [3.63, 3.8) is 0 Å². The van der Waals surface area contributed by atoms with Gasteiger partial charge in [0.1, 0.15) is 11.2 Å². The standard InChI is InChI=1S/C38H48N4O4/c39-37(46)38(28-14-8-6-9-15-28,29-16-10-7-11-17-29)30-22-25-42(27-30)24-13-5-3-1-2-4-12-23-40-26-34(44)31-18-20-33(43)36-32(31)19-21-35(45)41-36/h6-11,14-21,30,34,40,43-44H,1-5,12-13,22-27H2,(H2,39,46)(H,41,45)/t30-,34-/m1/s1.